The van der Waals surface area contributed by atoms with Crippen LogP contribution in [0.1, 0.15) is 18.4 Å². The number of alkyl halides is 2. The molecule has 0 spiro atoms. The lowest BCUT2D eigenvalue weighted by Gasteiger charge is -2.15. The van der Waals surface area contributed by atoms with E-state index < -0.39 is 12.2 Å². The number of halogens is 3. The second kappa shape index (κ2) is 11.9. The molecule has 11 heteroatoms. The van der Waals surface area contributed by atoms with Crippen LogP contribution in [0, 0.1) is 5.92 Å². The van der Waals surface area contributed by atoms with Gasteiger partial charge in [-0.1, -0.05) is 29.8 Å². The lowest BCUT2D eigenvalue weighted by atomic mass is 10.2. The number of anilines is 1. The Morgan fingerprint density at radius 3 is 2.61 bits per heavy atom. The Labute approximate surface area is 211 Å². The maximum absolute atomic E-state index is 12.8. The number of nitrogens with zero attached hydrogens (tertiary/aromatic N) is 2. The number of benzene rings is 2. The van der Waals surface area contributed by atoms with Crippen LogP contribution in [0.5, 0.6) is 23.0 Å². The third-order valence-corrected chi connectivity index (χ3v) is 5.82. The molecule has 2 aromatic carbocycles. The summed E-state index contributed by atoms with van der Waals surface area (Å²) in [5, 5.41) is 7.20. The second-order valence-electron chi connectivity index (χ2n) is 8.18. The summed E-state index contributed by atoms with van der Waals surface area (Å²) in [6, 6.07) is 11.8. The first-order valence-electron chi connectivity index (χ1n) is 11.4. The summed E-state index contributed by atoms with van der Waals surface area (Å²) < 4.78 is 47.9. The van der Waals surface area contributed by atoms with Gasteiger partial charge in [-0.3, -0.25) is 4.79 Å². The summed E-state index contributed by atoms with van der Waals surface area (Å²) in [5.74, 6) is 1.80. The SMILES string of the molecule is COc1ccccc1OCCNc1cnn(Cc2ccc(OC(F)F)c(OCC3CC3)c2)c(=O)c1Cl. The van der Waals surface area contributed by atoms with Gasteiger partial charge in [0.05, 0.1) is 32.1 Å². The number of nitrogens with one attached hydrogen (secondary N) is 1. The van der Waals surface area contributed by atoms with E-state index >= 15 is 0 Å². The van der Waals surface area contributed by atoms with E-state index in [1.165, 1.54) is 16.9 Å². The van der Waals surface area contributed by atoms with Gasteiger partial charge in [-0.2, -0.15) is 13.9 Å². The van der Waals surface area contributed by atoms with Crippen molar-refractivity contribution in [3.8, 4) is 23.0 Å². The Hall–Kier alpha value is -3.53. The second-order valence-corrected chi connectivity index (χ2v) is 8.55. The standard InChI is InChI=1S/C25H26ClF2N3O5/c1-33-19-4-2-3-5-20(19)34-11-10-29-18-13-30-31(24(32)23(18)26)14-17-8-9-21(36-25(27)28)22(12-17)35-15-16-6-7-16/h2-5,8-9,12-13,16,25,29H,6-7,10-11,14-15H2,1H3. The highest BCUT2D eigenvalue weighted by atomic mass is 35.5. The predicted octanol–water partition coefficient (Wildman–Crippen LogP) is 4.83. The first-order valence-corrected chi connectivity index (χ1v) is 11.8. The molecule has 0 amide bonds. The Bertz CT molecular complexity index is 1240. The van der Waals surface area contributed by atoms with Crippen molar-refractivity contribution in [3.05, 3.63) is 69.6 Å². The van der Waals surface area contributed by atoms with Gasteiger partial charge in [0, 0.05) is 6.54 Å². The minimum atomic E-state index is -2.97. The van der Waals surface area contributed by atoms with Gasteiger partial charge in [-0.15, -0.1) is 0 Å². The average Bonchev–Trinajstić information content (AvgIpc) is 3.70. The molecule has 8 nitrogen and oxygen atoms in total. The smallest absolute Gasteiger partial charge is 0.387 e. The fraction of sp³-hybridized carbons (Fsp3) is 0.360. The molecule has 36 heavy (non-hydrogen) atoms. The third kappa shape index (κ3) is 6.78. The van der Waals surface area contributed by atoms with E-state index in [-0.39, 0.29) is 23.1 Å². The van der Waals surface area contributed by atoms with Crippen molar-refractivity contribution in [2.45, 2.75) is 26.0 Å². The van der Waals surface area contributed by atoms with E-state index in [0.29, 0.717) is 48.4 Å². The van der Waals surface area contributed by atoms with E-state index in [4.69, 9.17) is 25.8 Å². The lowest BCUT2D eigenvalue weighted by molar-refractivity contribution is -0.0515. The number of aromatic nitrogens is 2. The Balaban J connectivity index is 1.39. The van der Waals surface area contributed by atoms with Crippen molar-refractivity contribution >= 4 is 17.3 Å². The van der Waals surface area contributed by atoms with Crippen LogP contribution in [0.4, 0.5) is 14.5 Å². The fourth-order valence-corrected chi connectivity index (χ4v) is 3.62. The van der Waals surface area contributed by atoms with Crippen LogP contribution in [-0.2, 0) is 6.54 Å². The van der Waals surface area contributed by atoms with Crippen molar-refractivity contribution < 1.29 is 27.7 Å². The molecule has 1 heterocycles. The first kappa shape index (κ1) is 25.6. The summed E-state index contributed by atoms with van der Waals surface area (Å²) in [6.07, 6.45) is 3.55. The number of rotatable bonds is 13. The molecule has 0 radical (unpaired) electrons. The quantitative estimate of drug-likeness (QED) is 0.322. The van der Waals surface area contributed by atoms with Crippen LogP contribution >= 0.6 is 11.6 Å². The minimum Gasteiger partial charge on any atom is -0.493 e. The molecular weight excluding hydrogens is 496 g/mol. The van der Waals surface area contributed by atoms with E-state index in [2.05, 4.69) is 15.2 Å². The highest BCUT2D eigenvalue weighted by Gasteiger charge is 2.23. The summed E-state index contributed by atoms with van der Waals surface area (Å²) in [4.78, 5) is 12.8. The van der Waals surface area contributed by atoms with Crippen molar-refractivity contribution in [3.63, 3.8) is 0 Å². The molecule has 1 aliphatic rings. The van der Waals surface area contributed by atoms with Gasteiger partial charge in [0.1, 0.15) is 11.6 Å². The van der Waals surface area contributed by atoms with Gasteiger partial charge in [0.15, 0.2) is 23.0 Å². The molecule has 0 bridgehead atoms. The maximum Gasteiger partial charge on any atom is 0.387 e. The normalized spacial score (nSPS) is 12.9. The molecular formula is C25H26ClF2N3O5. The topological polar surface area (TPSA) is 83.8 Å². The van der Waals surface area contributed by atoms with E-state index in [0.717, 1.165) is 12.8 Å². The van der Waals surface area contributed by atoms with E-state index in [1.54, 1.807) is 31.4 Å². The van der Waals surface area contributed by atoms with Gasteiger partial charge < -0.3 is 24.3 Å². The molecule has 0 atom stereocenters. The summed E-state index contributed by atoms with van der Waals surface area (Å²) in [5.41, 5.74) is 0.496. The van der Waals surface area contributed by atoms with Crippen LogP contribution in [-0.4, -0.2) is 43.3 Å². The number of hydrogen-bond acceptors (Lipinski definition) is 7. The predicted molar refractivity (Wildman–Crippen MR) is 131 cm³/mol. The zero-order chi connectivity index (χ0) is 25.5. The van der Waals surface area contributed by atoms with Crippen molar-refractivity contribution in [1.82, 2.24) is 9.78 Å². The minimum absolute atomic E-state index is 0.0230. The summed E-state index contributed by atoms with van der Waals surface area (Å²) >= 11 is 6.29. The lowest BCUT2D eigenvalue weighted by Crippen LogP contribution is -2.25. The van der Waals surface area contributed by atoms with Crippen molar-refractivity contribution in [2.75, 3.05) is 32.2 Å². The number of methoxy groups -OCH3 is 1. The molecule has 1 saturated carbocycles. The highest BCUT2D eigenvalue weighted by Crippen LogP contribution is 2.34. The first-order chi connectivity index (χ1) is 17.4. The largest absolute Gasteiger partial charge is 0.493 e. The number of para-hydroxylation sites is 2. The molecule has 0 saturated heterocycles. The van der Waals surface area contributed by atoms with Crippen molar-refractivity contribution in [1.29, 1.82) is 0 Å². The van der Waals surface area contributed by atoms with Gasteiger partial charge in [-0.25, -0.2) is 4.68 Å². The molecule has 192 valence electrons. The van der Waals surface area contributed by atoms with Crippen LogP contribution < -0.4 is 29.8 Å². The van der Waals surface area contributed by atoms with Gasteiger partial charge in [0.25, 0.3) is 5.56 Å². The zero-order valence-electron chi connectivity index (χ0n) is 19.6. The number of ether oxygens (including phenoxy) is 4. The monoisotopic (exact) mass is 521 g/mol. The zero-order valence-corrected chi connectivity index (χ0v) is 20.3. The molecule has 4 rings (SSSR count). The Kier molecular flexibility index (Phi) is 8.48. The van der Waals surface area contributed by atoms with Crippen LogP contribution in [0.2, 0.25) is 5.02 Å². The molecule has 1 fully saturated rings. The highest BCUT2D eigenvalue weighted by molar-refractivity contribution is 6.32. The third-order valence-electron chi connectivity index (χ3n) is 5.46. The molecule has 0 unspecified atom stereocenters. The maximum atomic E-state index is 12.8. The molecule has 1 aromatic heterocycles. The van der Waals surface area contributed by atoms with Crippen LogP contribution in [0.25, 0.3) is 0 Å². The summed E-state index contributed by atoms with van der Waals surface area (Å²) in [7, 11) is 1.56. The van der Waals surface area contributed by atoms with E-state index in [1.807, 2.05) is 12.1 Å². The Morgan fingerprint density at radius 1 is 1.11 bits per heavy atom. The molecule has 0 aliphatic heterocycles. The molecule has 1 aliphatic carbocycles. The molecule has 3 aromatic rings. The van der Waals surface area contributed by atoms with Gasteiger partial charge in [0.2, 0.25) is 0 Å². The van der Waals surface area contributed by atoms with Crippen LogP contribution in [0.3, 0.4) is 0 Å². The van der Waals surface area contributed by atoms with Crippen molar-refractivity contribution in [2.24, 2.45) is 5.92 Å². The number of hydrogen-bond donors (Lipinski definition) is 1. The van der Waals surface area contributed by atoms with Gasteiger partial charge in [-0.05, 0) is 48.6 Å². The van der Waals surface area contributed by atoms with E-state index in [9.17, 15) is 13.6 Å². The average molecular weight is 522 g/mol. The Morgan fingerprint density at radius 2 is 1.89 bits per heavy atom. The molecule has 1 N–H and O–H groups in total. The fourth-order valence-electron chi connectivity index (χ4n) is 3.41. The summed E-state index contributed by atoms with van der Waals surface area (Å²) in [6.45, 7) is -1.80. The van der Waals surface area contributed by atoms with Crippen LogP contribution in [0.15, 0.2) is 53.5 Å². The van der Waals surface area contributed by atoms with Gasteiger partial charge >= 0.3 is 6.61 Å².